The summed E-state index contributed by atoms with van der Waals surface area (Å²) in [5.74, 6) is -1.45. The second-order valence-corrected chi connectivity index (χ2v) is 6.57. The van der Waals surface area contributed by atoms with Crippen molar-refractivity contribution in [2.75, 3.05) is 11.4 Å². The Hall–Kier alpha value is -3.41. The summed E-state index contributed by atoms with van der Waals surface area (Å²) in [4.78, 5) is 38.5. The highest BCUT2D eigenvalue weighted by Crippen LogP contribution is 2.28. The maximum Gasteiger partial charge on any atom is 0.355 e. The van der Waals surface area contributed by atoms with E-state index in [2.05, 4.69) is 5.32 Å². The van der Waals surface area contributed by atoms with Crippen molar-refractivity contribution in [2.24, 2.45) is 0 Å². The molecular weight excluding hydrogens is 356 g/mol. The number of hydrogen-bond donors (Lipinski definition) is 1. The summed E-state index contributed by atoms with van der Waals surface area (Å²) in [6.07, 6.45) is 1.31. The first kappa shape index (κ1) is 19.4. The zero-order valence-electron chi connectivity index (χ0n) is 15.8. The van der Waals surface area contributed by atoms with E-state index in [1.807, 2.05) is 42.5 Å². The summed E-state index contributed by atoms with van der Waals surface area (Å²) in [5, 5.41) is 2.48. The number of ether oxygens (including phenoxy) is 1. The lowest BCUT2D eigenvalue weighted by Crippen LogP contribution is -2.40. The highest BCUT2D eigenvalue weighted by atomic mass is 16.5. The van der Waals surface area contributed by atoms with E-state index in [0.29, 0.717) is 6.54 Å². The fourth-order valence-corrected chi connectivity index (χ4v) is 3.11. The summed E-state index contributed by atoms with van der Waals surface area (Å²) < 4.78 is 5.36. The monoisotopic (exact) mass is 378 g/mol. The molecule has 0 spiro atoms. The first-order chi connectivity index (χ1) is 13.5. The van der Waals surface area contributed by atoms with Gasteiger partial charge in [0.05, 0.1) is 0 Å². The SMILES string of the molecule is CC(=O)N/C(=C\c1ccccc1)C(=O)OC(C)C(=O)N1CCc2ccccc21. The molecule has 0 radical (unpaired) electrons. The van der Waals surface area contributed by atoms with Crippen molar-refractivity contribution < 1.29 is 19.1 Å². The van der Waals surface area contributed by atoms with Crippen LogP contribution in [-0.2, 0) is 25.5 Å². The van der Waals surface area contributed by atoms with Gasteiger partial charge in [-0.2, -0.15) is 0 Å². The molecular formula is C22H22N2O4. The smallest absolute Gasteiger partial charge is 0.355 e. The first-order valence-corrected chi connectivity index (χ1v) is 9.10. The van der Waals surface area contributed by atoms with Crippen molar-refractivity contribution in [1.29, 1.82) is 0 Å². The Balaban J connectivity index is 1.73. The zero-order chi connectivity index (χ0) is 20.1. The van der Waals surface area contributed by atoms with E-state index in [9.17, 15) is 14.4 Å². The molecule has 1 aliphatic heterocycles. The first-order valence-electron chi connectivity index (χ1n) is 9.10. The van der Waals surface area contributed by atoms with Crippen LogP contribution in [0.25, 0.3) is 6.08 Å². The zero-order valence-corrected chi connectivity index (χ0v) is 15.8. The quantitative estimate of drug-likeness (QED) is 0.641. The molecule has 2 aromatic rings. The van der Waals surface area contributed by atoms with Gasteiger partial charge >= 0.3 is 5.97 Å². The number of hydrogen-bond acceptors (Lipinski definition) is 4. The molecule has 2 amide bonds. The lowest BCUT2D eigenvalue weighted by molar-refractivity contribution is -0.150. The molecule has 0 saturated carbocycles. The molecule has 2 aromatic carbocycles. The van der Waals surface area contributed by atoms with Gasteiger partial charge < -0.3 is 15.0 Å². The fraction of sp³-hybridized carbons (Fsp3) is 0.227. The second-order valence-electron chi connectivity index (χ2n) is 6.57. The Morgan fingerprint density at radius 3 is 2.46 bits per heavy atom. The van der Waals surface area contributed by atoms with Gasteiger partial charge in [-0.25, -0.2) is 4.79 Å². The minimum atomic E-state index is -0.980. The number of nitrogens with zero attached hydrogens (tertiary/aromatic N) is 1. The van der Waals surface area contributed by atoms with E-state index in [-0.39, 0.29) is 11.6 Å². The predicted molar refractivity (Wildman–Crippen MR) is 106 cm³/mol. The van der Waals surface area contributed by atoms with Crippen LogP contribution in [0.5, 0.6) is 0 Å². The van der Waals surface area contributed by atoms with Crippen LogP contribution < -0.4 is 10.2 Å². The van der Waals surface area contributed by atoms with Gasteiger partial charge in [-0.15, -0.1) is 0 Å². The maximum atomic E-state index is 12.8. The fourth-order valence-electron chi connectivity index (χ4n) is 3.11. The number of para-hydroxylation sites is 1. The van der Waals surface area contributed by atoms with Crippen molar-refractivity contribution >= 4 is 29.5 Å². The van der Waals surface area contributed by atoms with Crippen molar-refractivity contribution in [2.45, 2.75) is 26.4 Å². The Kier molecular flexibility index (Phi) is 5.89. The third-order valence-electron chi connectivity index (χ3n) is 4.43. The van der Waals surface area contributed by atoms with Crippen LogP contribution in [0.1, 0.15) is 25.0 Å². The Morgan fingerprint density at radius 1 is 1.07 bits per heavy atom. The molecule has 0 saturated heterocycles. The van der Waals surface area contributed by atoms with E-state index in [4.69, 9.17) is 4.74 Å². The van der Waals surface area contributed by atoms with Crippen molar-refractivity contribution in [3.05, 3.63) is 71.4 Å². The van der Waals surface area contributed by atoms with Crippen molar-refractivity contribution in [1.82, 2.24) is 5.32 Å². The molecule has 1 N–H and O–H groups in total. The van der Waals surface area contributed by atoms with Gasteiger partial charge in [-0.3, -0.25) is 9.59 Å². The number of carbonyl (C=O) groups is 3. The lowest BCUT2D eigenvalue weighted by Gasteiger charge is -2.22. The molecule has 144 valence electrons. The Bertz CT molecular complexity index is 921. The van der Waals surface area contributed by atoms with E-state index < -0.39 is 18.0 Å². The largest absolute Gasteiger partial charge is 0.448 e. The summed E-state index contributed by atoms with van der Waals surface area (Å²) >= 11 is 0. The normalized spacial score (nSPS) is 14.2. The van der Waals surface area contributed by atoms with E-state index in [1.54, 1.807) is 17.0 Å². The average Bonchev–Trinajstić information content (AvgIpc) is 3.11. The molecule has 1 heterocycles. The van der Waals surface area contributed by atoms with Gasteiger partial charge in [-0.05, 0) is 36.6 Å². The van der Waals surface area contributed by atoms with E-state index in [1.165, 1.54) is 19.9 Å². The molecule has 0 fully saturated rings. The highest BCUT2D eigenvalue weighted by molar-refractivity contribution is 6.02. The van der Waals surface area contributed by atoms with Gasteiger partial charge in [-0.1, -0.05) is 48.5 Å². The molecule has 0 bridgehead atoms. The third-order valence-corrected chi connectivity index (χ3v) is 4.43. The van der Waals surface area contributed by atoms with Crippen LogP contribution in [0.2, 0.25) is 0 Å². The maximum absolute atomic E-state index is 12.8. The number of anilines is 1. The summed E-state index contributed by atoms with van der Waals surface area (Å²) in [7, 11) is 0. The van der Waals surface area contributed by atoms with Gasteiger partial charge in [0.15, 0.2) is 6.10 Å². The summed E-state index contributed by atoms with van der Waals surface area (Å²) in [6.45, 7) is 3.40. The van der Waals surface area contributed by atoms with Crippen molar-refractivity contribution in [3.63, 3.8) is 0 Å². The van der Waals surface area contributed by atoms with Gasteiger partial charge in [0.2, 0.25) is 5.91 Å². The molecule has 0 aliphatic carbocycles. The number of amides is 2. The van der Waals surface area contributed by atoms with Crippen LogP contribution in [-0.4, -0.2) is 30.4 Å². The molecule has 6 heteroatoms. The number of esters is 1. The predicted octanol–water partition coefficient (Wildman–Crippen LogP) is 2.68. The van der Waals surface area contributed by atoms with E-state index >= 15 is 0 Å². The molecule has 3 rings (SSSR count). The topological polar surface area (TPSA) is 75.7 Å². The molecule has 1 atom stereocenters. The lowest BCUT2D eigenvalue weighted by atomic mass is 10.2. The van der Waals surface area contributed by atoms with Crippen LogP contribution in [0, 0.1) is 0 Å². The molecule has 0 aromatic heterocycles. The van der Waals surface area contributed by atoms with Crippen LogP contribution in [0.3, 0.4) is 0 Å². The number of benzene rings is 2. The number of fused-ring (bicyclic) bond motifs is 1. The van der Waals surface area contributed by atoms with Crippen LogP contribution >= 0.6 is 0 Å². The number of rotatable bonds is 5. The molecule has 1 aliphatic rings. The molecule has 6 nitrogen and oxygen atoms in total. The minimum absolute atomic E-state index is 0.0137. The number of carbonyl (C=O) groups excluding carboxylic acids is 3. The standard InChI is InChI=1S/C22H22N2O4/c1-15(21(26)24-13-12-18-10-6-7-11-20(18)24)28-22(27)19(23-16(2)25)14-17-8-4-3-5-9-17/h3-11,14-15H,12-13H2,1-2H3,(H,23,25)/b19-14-. The van der Waals surface area contributed by atoms with Crippen LogP contribution in [0.15, 0.2) is 60.3 Å². The Morgan fingerprint density at radius 2 is 1.75 bits per heavy atom. The second kappa shape index (κ2) is 8.52. The minimum Gasteiger partial charge on any atom is -0.448 e. The van der Waals surface area contributed by atoms with Gasteiger partial charge in [0.25, 0.3) is 5.91 Å². The Labute approximate surface area is 163 Å². The van der Waals surface area contributed by atoms with Gasteiger partial charge in [0.1, 0.15) is 5.70 Å². The summed E-state index contributed by atoms with van der Waals surface area (Å²) in [5.41, 5.74) is 2.66. The van der Waals surface area contributed by atoms with Crippen molar-refractivity contribution in [3.8, 4) is 0 Å². The van der Waals surface area contributed by atoms with E-state index in [0.717, 1.165) is 23.2 Å². The molecule has 1 unspecified atom stereocenters. The van der Waals surface area contributed by atoms with Crippen LogP contribution in [0.4, 0.5) is 5.69 Å². The summed E-state index contributed by atoms with van der Waals surface area (Å²) in [6, 6.07) is 16.8. The highest BCUT2D eigenvalue weighted by Gasteiger charge is 2.30. The van der Waals surface area contributed by atoms with Gasteiger partial charge in [0, 0.05) is 19.2 Å². The third kappa shape index (κ3) is 4.46. The average molecular weight is 378 g/mol. The number of nitrogens with one attached hydrogen (secondary N) is 1. The molecule has 28 heavy (non-hydrogen) atoms.